The maximum Gasteiger partial charge on any atom is 0.239 e. The molecule has 94 valence electrons. The Hall–Kier alpha value is -1.40. The van der Waals surface area contributed by atoms with Crippen molar-refractivity contribution in [2.75, 3.05) is 37.0 Å². The van der Waals surface area contributed by atoms with Crippen LogP contribution in [0.15, 0.2) is 6.07 Å². The molecule has 0 aromatic carbocycles. The van der Waals surface area contributed by atoms with E-state index in [4.69, 9.17) is 5.84 Å². The summed E-state index contributed by atoms with van der Waals surface area (Å²) in [5, 5.41) is 0. The van der Waals surface area contributed by atoms with Gasteiger partial charge in [-0.25, -0.2) is 10.8 Å². The first kappa shape index (κ1) is 12.1. The molecule has 1 aliphatic rings. The summed E-state index contributed by atoms with van der Waals surface area (Å²) in [7, 11) is 2.14. The van der Waals surface area contributed by atoms with Gasteiger partial charge >= 0.3 is 0 Å². The number of piperazine rings is 1. The second-order valence-corrected chi connectivity index (χ2v) is 4.64. The zero-order valence-corrected chi connectivity index (χ0v) is 10.6. The number of anilines is 2. The van der Waals surface area contributed by atoms with E-state index in [0.717, 1.165) is 31.1 Å². The molecule has 1 fully saturated rings. The number of nitrogens with two attached hydrogens (primary N) is 1. The van der Waals surface area contributed by atoms with Gasteiger partial charge in [0.05, 0.1) is 0 Å². The number of aromatic nitrogens is 2. The third-order valence-electron chi connectivity index (χ3n) is 3.09. The molecule has 1 aromatic rings. The fourth-order valence-electron chi connectivity index (χ4n) is 2.24. The fraction of sp³-hybridized carbons (Fsp3) is 0.636. The molecule has 1 unspecified atom stereocenters. The summed E-state index contributed by atoms with van der Waals surface area (Å²) in [6, 6.07) is 2.46. The number of hydrogen-bond acceptors (Lipinski definition) is 6. The van der Waals surface area contributed by atoms with E-state index in [1.54, 1.807) is 0 Å². The highest BCUT2D eigenvalue weighted by molar-refractivity contribution is 5.45. The molecule has 0 amide bonds. The molecule has 0 spiro atoms. The number of hydrogen-bond donors (Lipinski definition) is 2. The van der Waals surface area contributed by atoms with Gasteiger partial charge in [-0.1, -0.05) is 0 Å². The Morgan fingerprint density at radius 3 is 2.82 bits per heavy atom. The number of nitrogens with one attached hydrogen (secondary N) is 1. The zero-order valence-electron chi connectivity index (χ0n) is 10.6. The number of hydrazine groups is 1. The molecule has 0 saturated carbocycles. The van der Waals surface area contributed by atoms with Crippen LogP contribution in [0.25, 0.3) is 0 Å². The van der Waals surface area contributed by atoms with E-state index in [0.29, 0.717) is 12.0 Å². The van der Waals surface area contributed by atoms with E-state index in [1.807, 2.05) is 13.0 Å². The third kappa shape index (κ3) is 2.65. The minimum atomic E-state index is 0.452. The average Bonchev–Trinajstić information content (AvgIpc) is 2.28. The van der Waals surface area contributed by atoms with Gasteiger partial charge in [-0.2, -0.15) is 4.98 Å². The van der Waals surface area contributed by atoms with Crippen molar-refractivity contribution >= 4 is 11.8 Å². The molecule has 2 heterocycles. The lowest BCUT2D eigenvalue weighted by molar-refractivity contribution is 0.274. The van der Waals surface area contributed by atoms with Crippen LogP contribution in [0.2, 0.25) is 0 Å². The van der Waals surface area contributed by atoms with E-state index in [-0.39, 0.29) is 0 Å². The van der Waals surface area contributed by atoms with Gasteiger partial charge in [-0.05, 0) is 20.9 Å². The number of nitrogens with zero attached hydrogens (tertiary/aromatic N) is 4. The quantitative estimate of drug-likeness (QED) is 0.565. The van der Waals surface area contributed by atoms with Crippen molar-refractivity contribution in [2.24, 2.45) is 5.84 Å². The Morgan fingerprint density at radius 1 is 1.41 bits per heavy atom. The largest absolute Gasteiger partial charge is 0.351 e. The van der Waals surface area contributed by atoms with E-state index < -0.39 is 0 Å². The van der Waals surface area contributed by atoms with Gasteiger partial charge in [0.25, 0.3) is 0 Å². The second-order valence-electron chi connectivity index (χ2n) is 4.64. The predicted molar refractivity (Wildman–Crippen MR) is 68.9 cm³/mol. The first-order valence-corrected chi connectivity index (χ1v) is 5.87. The van der Waals surface area contributed by atoms with Gasteiger partial charge in [-0.15, -0.1) is 0 Å². The zero-order chi connectivity index (χ0) is 12.4. The van der Waals surface area contributed by atoms with Gasteiger partial charge in [0.2, 0.25) is 5.95 Å². The topological polar surface area (TPSA) is 70.3 Å². The number of likely N-dealkylation sites (N-methyl/N-ethyl adjacent to an activating group) is 1. The highest BCUT2D eigenvalue weighted by atomic mass is 15.3. The van der Waals surface area contributed by atoms with Crippen LogP contribution in [-0.4, -0.2) is 47.6 Å². The summed E-state index contributed by atoms with van der Waals surface area (Å²) in [5.41, 5.74) is 3.44. The van der Waals surface area contributed by atoms with Gasteiger partial charge in [0, 0.05) is 37.4 Å². The highest BCUT2D eigenvalue weighted by Crippen LogP contribution is 2.19. The molecule has 0 radical (unpaired) electrons. The molecule has 1 aliphatic heterocycles. The van der Waals surface area contributed by atoms with E-state index in [1.165, 1.54) is 0 Å². The van der Waals surface area contributed by atoms with Crippen molar-refractivity contribution in [1.82, 2.24) is 14.9 Å². The van der Waals surface area contributed by atoms with Crippen LogP contribution >= 0.6 is 0 Å². The predicted octanol–water partition coefficient (Wildman–Crippen LogP) is 0.211. The Kier molecular flexibility index (Phi) is 3.44. The van der Waals surface area contributed by atoms with Crippen LogP contribution in [-0.2, 0) is 0 Å². The van der Waals surface area contributed by atoms with Crippen LogP contribution < -0.4 is 16.2 Å². The summed E-state index contributed by atoms with van der Waals surface area (Å²) < 4.78 is 0. The molecule has 6 nitrogen and oxygen atoms in total. The Morgan fingerprint density at radius 2 is 2.18 bits per heavy atom. The lowest BCUT2D eigenvalue weighted by atomic mass is 10.2. The number of aryl methyl sites for hydroxylation is 1. The molecule has 17 heavy (non-hydrogen) atoms. The van der Waals surface area contributed by atoms with Crippen LogP contribution in [0.5, 0.6) is 0 Å². The van der Waals surface area contributed by atoms with Gasteiger partial charge in [0.1, 0.15) is 5.82 Å². The van der Waals surface area contributed by atoms with Crippen molar-refractivity contribution in [3.8, 4) is 0 Å². The van der Waals surface area contributed by atoms with Gasteiger partial charge in [0.15, 0.2) is 0 Å². The molecule has 6 heteroatoms. The molecule has 1 aromatic heterocycles. The number of rotatable bonds is 2. The van der Waals surface area contributed by atoms with Crippen LogP contribution in [0.4, 0.5) is 11.8 Å². The Balaban J connectivity index is 2.24. The molecular formula is C11H20N6. The maximum atomic E-state index is 5.37. The summed E-state index contributed by atoms with van der Waals surface area (Å²) >= 11 is 0. The van der Waals surface area contributed by atoms with Crippen LogP contribution in [0.1, 0.15) is 12.6 Å². The molecule has 0 bridgehead atoms. The van der Waals surface area contributed by atoms with Crippen LogP contribution in [0.3, 0.4) is 0 Å². The smallest absolute Gasteiger partial charge is 0.239 e. The molecule has 3 N–H and O–H groups in total. The summed E-state index contributed by atoms with van der Waals surface area (Å²) in [5.74, 6) is 6.80. The molecule has 1 saturated heterocycles. The summed E-state index contributed by atoms with van der Waals surface area (Å²) in [6.07, 6.45) is 0. The van der Waals surface area contributed by atoms with Crippen molar-refractivity contribution in [3.63, 3.8) is 0 Å². The molecular weight excluding hydrogens is 216 g/mol. The minimum Gasteiger partial charge on any atom is -0.351 e. The monoisotopic (exact) mass is 236 g/mol. The lowest BCUT2D eigenvalue weighted by Gasteiger charge is -2.39. The molecule has 1 atom stereocenters. The Labute approximate surface area is 102 Å². The first-order valence-electron chi connectivity index (χ1n) is 5.87. The van der Waals surface area contributed by atoms with E-state index in [9.17, 15) is 0 Å². The fourth-order valence-corrected chi connectivity index (χ4v) is 2.24. The molecule has 2 rings (SSSR count). The minimum absolute atomic E-state index is 0.452. The lowest BCUT2D eigenvalue weighted by Crippen LogP contribution is -2.50. The molecule has 0 aliphatic carbocycles. The maximum absolute atomic E-state index is 5.37. The second kappa shape index (κ2) is 4.85. The van der Waals surface area contributed by atoms with Crippen molar-refractivity contribution in [3.05, 3.63) is 11.8 Å². The standard InChI is InChI=1S/C11H20N6/c1-8-6-10(14-11(13-8)15-12)17-5-4-16(3)7-9(17)2/h6,9H,4-5,7,12H2,1-3H3,(H,13,14,15). The normalized spacial score (nSPS) is 21.6. The summed E-state index contributed by atoms with van der Waals surface area (Å²) in [6.45, 7) is 7.25. The van der Waals surface area contributed by atoms with Crippen molar-refractivity contribution in [1.29, 1.82) is 0 Å². The first-order chi connectivity index (χ1) is 8.10. The van der Waals surface area contributed by atoms with Gasteiger partial charge < -0.3 is 9.80 Å². The summed E-state index contributed by atoms with van der Waals surface area (Å²) in [4.78, 5) is 13.2. The van der Waals surface area contributed by atoms with Gasteiger partial charge in [-0.3, -0.25) is 5.43 Å². The number of nitrogen functional groups attached to an aromatic ring is 1. The van der Waals surface area contributed by atoms with Crippen LogP contribution in [0, 0.1) is 6.92 Å². The van der Waals surface area contributed by atoms with E-state index in [2.05, 4.69) is 39.2 Å². The SMILES string of the molecule is Cc1cc(N2CCN(C)CC2C)nc(NN)n1. The van der Waals surface area contributed by atoms with Crippen molar-refractivity contribution < 1.29 is 0 Å². The highest BCUT2D eigenvalue weighted by Gasteiger charge is 2.23. The average molecular weight is 236 g/mol. The third-order valence-corrected chi connectivity index (χ3v) is 3.09. The van der Waals surface area contributed by atoms with E-state index >= 15 is 0 Å². The Bertz CT molecular complexity index is 394. The van der Waals surface area contributed by atoms with Crippen molar-refractivity contribution in [2.45, 2.75) is 19.9 Å².